The summed E-state index contributed by atoms with van der Waals surface area (Å²) in [6.07, 6.45) is 0.0384. The third-order valence-electron chi connectivity index (χ3n) is 2.49. The molecule has 0 saturated heterocycles. The van der Waals surface area contributed by atoms with E-state index < -0.39 is 18.9 Å². The molecule has 0 atom stereocenters. The average Bonchev–Trinajstić information content (AvgIpc) is 2.76. The molecule has 2 N–H and O–H groups in total. The van der Waals surface area contributed by atoms with E-state index in [-0.39, 0.29) is 11.5 Å². The number of imidazole rings is 1. The van der Waals surface area contributed by atoms with E-state index in [2.05, 4.69) is 9.97 Å². The summed E-state index contributed by atoms with van der Waals surface area (Å²) in [6, 6.07) is 2.98. The van der Waals surface area contributed by atoms with Crippen molar-refractivity contribution in [1.29, 1.82) is 0 Å². The molecule has 2 heterocycles. The maximum absolute atomic E-state index is 13.0. The van der Waals surface area contributed by atoms with Crippen molar-refractivity contribution < 1.29 is 17.6 Å². The minimum absolute atomic E-state index is 0.200. The summed E-state index contributed by atoms with van der Waals surface area (Å²) < 4.78 is 51.4. The molecule has 0 aliphatic rings. The van der Waals surface area contributed by atoms with Crippen LogP contribution in [0.2, 0.25) is 0 Å². The zero-order valence-electron chi connectivity index (χ0n) is 9.60. The number of halogens is 4. The lowest BCUT2D eigenvalue weighted by atomic mass is 10.2. The van der Waals surface area contributed by atoms with E-state index in [0.717, 1.165) is 10.9 Å². The van der Waals surface area contributed by atoms with Crippen LogP contribution in [0.1, 0.15) is 0 Å². The molecule has 0 amide bonds. The molecule has 0 radical (unpaired) electrons. The first kappa shape index (κ1) is 13.3. The summed E-state index contributed by atoms with van der Waals surface area (Å²) in [6.45, 7) is -1.15. The first-order valence-electron chi connectivity index (χ1n) is 5.28. The van der Waals surface area contributed by atoms with Gasteiger partial charge in [0.15, 0.2) is 0 Å². The molecule has 0 unspecified atom stereocenters. The molecule has 4 nitrogen and oxygen atoms in total. The molecule has 2 aromatic heterocycles. The number of nitrogens with zero attached hydrogens (tertiary/aromatic N) is 3. The monoisotopic (exact) mass is 274 g/mol. The topological polar surface area (TPSA) is 56.7 Å². The minimum Gasteiger partial charge on any atom is -0.384 e. The quantitative estimate of drug-likeness (QED) is 0.871. The Morgan fingerprint density at radius 2 is 2.11 bits per heavy atom. The highest BCUT2D eigenvalue weighted by Crippen LogP contribution is 2.28. The second kappa shape index (κ2) is 4.87. The molecule has 8 heteroatoms. The summed E-state index contributed by atoms with van der Waals surface area (Å²) >= 11 is 0. The molecule has 102 valence electrons. The summed E-state index contributed by atoms with van der Waals surface area (Å²) in [7, 11) is 0. The van der Waals surface area contributed by atoms with Crippen LogP contribution in [0.25, 0.3) is 11.3 Å². The maximum atomic E-state index is 13.0. The van der Waals surface area contributed by atoms with Crippen LogP contribution in [-0.4, -0.2) is 26.9 Å². The molecule has 0 aliphatic carbocycles. The van der Waals surface area contributed by atoms with Crippen LogP contribution in [0.15, 0.2) is 30.9 Å². The Morgan fingerprint density at radius 1 is 1.37 bits per heavy atom. The number of alkyl halides is 4. The number of hydrogen-bond donors (Lipinski definition) is 1. The lowest BCUT2D eigenvalue weighted by Crippen LogP contribution is -2.32. The number of nitrogens with two attached hydrogens (primary N) is 1. The zero-order valence-corrected chi connectivity index (χ0v) is 9.60. The van der Waals surface area contributed by atoms with Gasteiger partial charge in [-0.3, -0.25) is 0 Å². The van der Waals surface area contributed by atoms with E-state index in [9.17, 15) is 17.6 Å². The number of hydrogen-bond acceptors (Lipinski definition) is 3. The van der Waals surface area contributed by atoms with E-state index in [4.69, 9.17) is 5.73 Å². The fourth-order valence-electron chi connectivity index (χ4n) is 1.59. The lowest BCUT2D eigenvalue weighted by Gasteiger charge is -2.17. The van der Waals surface area contributed by atoms with Gasteiger partial charge in [-0.1, -0.05) is 0 Å². The predicted molar refractivity (Wildman–Crippen MR) is 60.8 cm³/mol. The molecule has 2 rings (SSSR count). The van der Waals surface area contributed by atoms with Gasteiger partial charge < -0.3 is 10.3 Å². The van der Waals surface area contributed by atoms with Crippen molar-refractivity contribution in [3.8, 4) is 11.3 Å². The van der Waals surface area contributed by atoms with E-state index in [1.165, 1.54) is 24.5 Å². The average molecular weight is 274 g/mol. The molecule has 19 heavy (non-hydrogen) atoms. The third kappa shape index (κ3) is 2.83. The summed E-state index contributed by atoms with van der Waals surface area (Å²) in [5.74, 6) is -3.92. The van der Waals surface area contributed by atoms with Gasteiger partial charge >= 0.3 is 12.3 Å². The first-order valence-corrected chi connectivity index (χ1v) is 5.28. The largest absolute Gasteiger partial charge is 0.384 e. The van der Waals surface area contributed by atoms with Crippen molar-refractivity contribution in [2.24, 2.45) is 0 Å². The molecule has 0 fully saturated rings. The number of nitrogen functional groups attached to an aromatic ring is 1. The van der Waals surface area contributed by atoms with Crippen molar-refractivity contribution in [3.63, 3.8) is 0 Å². The lowest BCUT2D eigenvalue weighted by molar-refractivity contribution is -0.137. The van der Waals surface area contributed by atoms with Crippen LogP contribution in [0, 0.1) is 0 Å². The van der Waals surface area contributed by atoms with Crippen molar-refractivity contribution in [2.75, 3.05) is 5.73 Å². The minimum atomic E-state index is -4.12. The Labute approximate surface area is 105 Å². The summed E-state index contributed by atoms with van der Waals surface area (Å²) in [5.41, 5.74) is 6.24. The van der Waals surface area contributed by atoms with Gasteiger partial charge in [0.1, 0.15) is 5.82 Å². The smallest absolute Gasteiger partial charge is 0.324 e. The first-order chi connectivity index (χ1) is 8.90. The molecular weight excluding hydrogens is 264 g/mol. The predicted octanol–water partition coefficient (Wildman–Crippen LogP) is 2.43. The van der Waals surface area contributed by atoms with Crippen LogP contribution >= 0.6 is 0 Å². The van der Waals surface area contributed by atoms with Gasteiger partial charge in [-0.2, -0.15) is 8.78 Å². The van der Waals surface area contributed by atoms with Gasteiger partial charge in [-0.05, 0) is 12.1 Å². The Bertz CT molecular complexity index is 567. The van der Waals surface area contributed by atoms with Crippen LogP contribution in [0.5, 0.6) is 0 Å². The van der Waals surface area contributed by atoms with Crippen molar-refractivity contribution in [1.82, 2.24) is 14.5 Å². The van der Waals surface area contributed by atoms with Crippen LogP contribution in [0.4, 0.5) is 23.4 Å². The second-order valence-electron chi connectivity index (χ2n) is 3.94. The van der Waals surface area contributed by atoms with Gasteiger partial charge in [0.2, 0.25) is 0 Å². The molecule has 0 bridgehead atoms. The normalized spacial score (nSPS) is 12.1. The van der Waals surface area contributed by atoms with Crippen LogP contribution < -0.4 is 5.73 Å². The number of aromatic nitrogens is 3. The highest BCUT2D eigenvalue weighted by molar-refractivity contribution is 5.61. The number of pyridine rings is 1. The van der Waals surface area contributed by atoms with E-state index in [1.807, 2.05) is 0 Å². The highest BCUT2D eigenvalue weighted by Gasteiger charge is 2.41. The van der Waals surface area contributed by atoms with Gasteiger partial charge in [0.05, 0.1) is 24.8 Å². The maximum Gasteiger partial charge on any atom is 0.324 e. The molecule has 0 saturated carbocycles. The second-order valence-corrected chi connectivity index (χ2v) is 3.94. The van der Waals surface area contributed by atoms with Gasteiger partial charge in [0, 0.05) is 11.8 Å². The van der Waals surface area contributed by atoms with Gasteiger partial charge in [-0.25, -0.2) is 18.7 Å². The summed E-state index contributed by atoms with van der Waals surface area (Å²) in [5, 5.41) is 0. The van der Waals surface area contributed by atoms with Crippen molar-refractivity contribution in [2.45, 2.75) is 18.9 Å². The van der Waals surface area contributed by atoms with Crippen LogP contribution in [-0.2, 0) is 6.54 Å². The summed E-state index contributed by atoms with van der Waals surface area (Å²) in [4.78, 5) is 7.46. The molecule has 0 aromatic carbocycles. The van der Waals surface area contributed by atoms with Gasteiger partial charge in [0.25, 0.3) is 0 Å². The Balaban J connectivity index is 2.33. The third-order valence-corrected chi connectivity index (χ3v) is 2.49. The Morgan fingerprint density at radius 3 is 2.74 bits per heavy atom. The van der Waals surface area contributed by atoms with E-state index >= 15 is 0 Å². The number of anilines is 1. The Hall–Kier alpha value is -2.12. The van der Waals surface area contributed by atoms with Gasteiger partial charge in [-0.15, -0.1) is 0 Å². The SMILES string of the molecule is Nc1cc(-c2cncn2CC(F)(F)C(F)F)ccn1. The van der Waals surface area contributed by atoms with E-state index in [0.29, 0.717) is 5.56 Å². The van der Waals surface area contributed by atoms with Crippen molar-refractivity contribution >= 4 is 5.82 Å². The van der Waals surface area contributed by atoms with E-state index in [1.54, 1.807) is 0 Å². The standard InChI is InChI=1S/C11H10F4N4/c12-10(13)11(14,15)5-19-6-17-4-8(19)7-1-2-18-9(16)3-7/h1-4,6,10H,5H2,(H2,16,18). The molecule has 0 aliphatic heterocycles. The zero-order chi connectivity index (χ0) is 14.0. The van der Waals surface area contributed by atoms with Crippen molar-refractivity contribution in [3.05, 3.63) is 30.9 Å². The Kier molecular flexibility index (Phi) is 3.41. The number of rotatable bonds is 4. The fraction of sp³-hybridized carbons (Fsp3) is 0.273. The fourth-order valence-corrected chi connectivity index (χ4v) is 1.59. The molecule has 0 spiro atoms. The molecular formula is C11H10F4N4. The molecule has 2 aromatic rings. The van der Waals surface area contributed by atoms with Crippen LogP contribution in [0.3, 0.4) is 0 Å². The highest BCUT2D eigenvalue weighted by atomic mass is 19.3.